The Bertz CT molecular complexity index is 1510. The second kappa shape index (κ2) is 61.6. The SMILES string of the molecule is CC/C=C\C/C=C\C/C=C\C/C=C\C/C=C\CCCCCC(=O)OC[C@@H](COC(=O)CCCCCCCCCCCCCCCCCCCC)OC(=O)CCCCC/C=C\C/C=C\C/C=C\C/C=C\CCCCC. The van der Waals surface area contributed by atoms with E-state index in [0.29, 0.717) is 12.8 Å². The van der Waals surface area contributed by atoms with Crippen molar-refractivity contribution in [1.29, 1.82) is 0 Å². The van der Waals surface area contributed by atoms with Gasteiger partial charge in [-0.1, -0.05) is 265 Å². The predicted molar refractivity (Wildman–Crippen MR) is 320 cm³/mol. The van der Waals surface area contributed by atoms with E-state index < -0.39 is 6.10 Å². The summed E-state index contributed by atoms with van der Waals surface area (Å²) in [5.74, 6) is -0.959. The molecule has 0 fully saturated rings. The van der Waals surface area contributed by atoms with Crippen molar-refractivity contribution in [1.82, 2.24) is 0 Å². The van der Waals surface area contributed by atoms with Crippen LogP contribution in [0.15, 0.2) is 109 Å². The molecule has 0 saturated heterocycles. The van der Waals surface area contributed by atoms with Gasteiger partial charge in [0, 0.05) is 19.3 Å². The molecule has 0 aliphatic carbocycles. The molecule has 0 saturated carbocycles. The van der Waals surface area contributed by atoms with Crippen LogP contribution < -0.4 is 0 Å². The molecule has 0 aliphatic heterocycles. The van der Waals surface area contributed by atoms with Crippen LogP contribution in [0.25, 0.3) is 0 Å². The Morgan fingerprint density at radius 1 is 0.284 bits per heavy atom. The third-order valence-corrected chi connectivity index (χ3v) is 13.0. The third kappa shape index (κ3) is 59.0. The molecule has 0 aromatic heterocycles. The predicted octanol–water partition coefficient (Wildman–Crippen LogP) is 21.0. The summed E-state index contributed by atoms with van der Waals surface area (Å²) in [6.45, 7) is 6.47. The Balaban J connectivity index is 4.50. The number of hydrogen-bond donors (Lipinski definition) is 0. The molecule has 0 N–H and O–H groups in total. The van der Waals surface area contributed by atoms with E-state index in [1.54, 1.807) is 0 Å². The number of unbranched alkanes of at least 4 members (excludes halogenated alkanes) is 26. The lowest BCUT2D eigenvalue weighted by molar-refractivity contribution is -0.167. The molecule has 0 aromatic rings. The summed E-state index contributed by atoms with van der Waals surface area (Å²) in [6, 6.07) is 0. The Hall–Kier alpha value is -3.93. The Morgan fingerprint density at radius 3 is 0.851 bits per heavy atom. The van der Waals surface area contributed by atoms with Crippen molar-refractivity contribution in [2.45, 2.75) is 290 Å². The number of carbonyl (C=O) groups excluding carboxylic acids is 3. The van der Waals surface area contributed by atoms with Gasteiger partial charge in [-0.15, -0.1) is 0 Å². The number of rotatable bonds is 55. The largest absolute Gasteiger partial charge is 0.462 e. The lowest BCUT2D eigenvalue weighted by atomic mass is 10.0. The molecular formula is C68H114O6. The van der Waals surface area contributed by atoms with Gasteiger partial charge < -0.3 is 14.2 Å². The summed E-state index contributed by atoms with van der Waals surface area (Å²) in [7, 11) is 0. The fraction of sp³-hybridized carbons (Fsp3) is 0.691. The summed E-state index contributed by atoms with van der Waals surface area (Å²) in [4.78, 5) is 38.3. The van der Waals surface area contributed by atoms with E-state index in [9.17, 15) is 14.4 Å². The summed E-state index contributed by atoms with van der Waals surface area (Å²) in [6.07, 6.45) is 83.7. The maximum absolute atomic E-state index is 12.9. The number of allylic oxidation sites excluding steroid dienone is 18. The number of esters is 3. The van der Waals surface area contributed by atoms with Gasteiger partial charge in [0.25, 0.3) is 0 Å². The van der Waals surface area contributed by atoms with E-state index >= 15 is 0 Å². The molecule has 0 rings (SSSR count). The molecular weight excluding hydrogens is 913 g/mol. The first-order valence-corrected chi connectivity index (χ1v) is 30.9. The van der Waals surface area contributed by atoms with E-state index in [0.717, 1.165) is 122 Å². The molecule has 0 radical (unpaired) electrons. The zero-order valence-electron chi connectivity index (χ0n) is 48.3. The summed E-state index contributed by atoms with van der Waals surface area (Å²) in [5, 5.41) is 0. The van der Waals surface area contributed by atoms with Crippen molar-refractivity contribution < 1.29 is 28.6 Å². The first-order chi connectivity index (χ1) is 36.5. The van der Waals surface area contributed by atoms with Gasteiger partial charge in [0.2, 0.25) is 0 Å². The van der Waals surface area contributed by atoms with Crippen molar-refractivity contribution in [2.24, 2.45) is 0 Å². The van der Waals surface area contributed by atoms with Gasteiger partial charge in [-0.25, -0.2) is 0 Å². The van der Waals surface area contributed by atoms with Crippen molar-refractivity contribution in [3.8, 4) is 0 Å². The number of carbonyl (C=O) groups is 3. The van der Waals surface area contributed by atoms with Crippen molar-refractivity contribution in [3.63, 3.8) is 0 Å². The fourth-order valence-electron chi connectivity index (χ4n) is 8.39. The first kappa shape index (κ1) is 70.1. The first-order valence-electron chi connectivity index (χ1n) is 30.9. The fourth-order valence-corrected chi connectivity index (χ4v) is 8.39. The number of ether oxygens (including phenoxy) is 3. The van der Waals surface area contributed by atoms with E-state index in [1.807, 2.05) is 0 Å². The van der Waals surface area contributed by atoms with Crippen LogP contribution in [0.5, 0.6) is 0 Å². The van der Waals surface area contributed by atoms with Gasteiger partial charge in [-0.05, 0) is 109 Å². The van der Waals surface area contributed by atoms with Gasteiger partial charge >= 0.3 is 17.9 Å². The zero-order valence-corrected chi connectivity index (χ0v) is 48.3. The molecule has 0 heterocycles. The average Bonchev–Trinajstić information content (AvgIpc) is 3.40. The van der Waals surface area contributed by atoms with Gasteiger partial charge in [-0.2, -0.15) is 0 Å². The van der Waals surface area contributed by atoms with Crippen LogP contribution in [-0.2, 0) is 28.6 Å². The van der Waals surface area contributed by atoms with Crippen molar-refractivity contribution >= 4 is 17.9 Å². The van der Waals surface area contributed by atoms with Crippen LogP contribution in [0.1, 0.15) is 284 Å². The normalized spacial score (nSPS) is 12.9. The Morgan fingerprint density at radius 2 is 0.527 bits per heavy atom. The average molecular weight is 1030 g/mol. The van der Waals surface area contributed by atoms with Crippen molar-refractivity contribution in [3.05, 3.63) is 109 Å². The lowest BCUT2D eigenvalue weighted by Crippen LogP contribution is -2.30. The highest BCUT2D eigenvalue weighted by Crippen LogP contribution is 2.16. The third-order valence-electron chi connectivity index (χ3n) is 13.0. The molecule has 6 nitrogen and oxygen atoms in total. The van der Waals surface area contributed by atoms with Gasteiger partial charge in [-0.3, -0.25) is 14.4 Å². The molecule has 6 heteroatoms. The molecule has 0 spiro atoms. The lowest BCUT2D eigenvalue weighted by Gasteiger charge is -2.18. The van der Waals surface area contributed by atoms with Crippen molar-refractivity contribution in [2.75, 3.05) is 13.2 Å². The summed E-state index contributed by atoms with van der Waals surface area (Å²) >= 11 is 0. The summed E-state index contributed by atoms with van der Waals surface area (Å²) < 4.78 is 16.9. The molecule has 0 unspecified atom stereocenters. The van der Waals surface area contributed by atoms with Gasteiger partial charge in [0.1, 0.15) is 13.2 Å². The van der Waals surface area contributed by atoms with E-state index in [4.69, 9.17) is 14.2 Å². The Kier molecular flexibility index (Phi) is 58.3. The molecule has 0 aromatic carbocycles. The van der Waals surface area contributed by atoms with E-state index in [2.05, 4.69) is 130 Å². The zero-order chi connectivity index (χ0) is 53.6. The quantitative estimate of drug-likeness (QED) is 0.0261. The highest BCUT2D eigenvalue weighted by molar-refractivity contribution is 5.71. The minimum Gasteiger partial charge on any atom is -0.462 e. The van der Waals surface area contributed by atoms with Crippen LogP contribution >= 0.6 is 0 Å². The van der Waals surface area contributed by atoms with Crippen LogP contribution in [0, 0.1) is 0 Å². The maximum Gasteiger partial charge on any atom is 0.306 e. The number of hydrogen-bond acceptors (Lipinski definition) is 6. The smallest absolute Gasteiger partial charge is 0.306 e. The highest BCUT2D eigenvalue weighted by atomic mass is 16.6. The van der Waals surface area contributed by atoms with E-state index in [1.165, 1.54) is 122 Å². The molecule has 422 valence electrons. The Labute approximate surface area is 457 Å². The van der Waals surface area contributed by atoms with Crippen LogP contribution in [-0.4, -0.2) is 37.2 Å². The topological polar surface area (TPSA) is 78.9 Å². The van der Waals surface area contributed by atoms with Crippen LogP contribution in [0.3, 0.4) is 0 Å². The molecule has 74 heavy (non-hydrogen) atoms. The van der Waals surface area contributed by atoms with Crippen LogP contribution in [0.4, 0.5) is 0 Å². The van der Waals surface area contributed by atoms with E-state index in [-0.39, 0.29) is 37.5 Å². The second-order valence-corrected chi connectivity index (χ2v) is 20.2. The molecule has 0 aliphatic rings. The van der Waals surface area contributed by atoms with Crippen LogP contribution in [0.2, 0.25) is 0 Å². The van der Waals surface area contributed by atoms with Gasteiger partial charge in [0.15, 0.2) is 6.10 Å². The maximum atomic E-state index is 12.9. The standard InChI is InChI=1S/C68H114O6/c1-4-7-10-13-16-19-22-25-28-31-34-37-40-43-46-49-52-55-58-61-67(70)73-64-65(63-72-66(69)60-57-54-51-48-45-42-39-36-33-30-27-24-21-18-15-12-9-6-3)74-68(71)62-59-56-53-50-47-44-41-38-35-32-29-26-23-20-17-14-11-8-5-2/h7,10,16-17,19-20,25-26,28-29,34-35,37-38,43-44,46-47,65H,4-6,8-9,11-15,18,21-24,27,30-33,36,39-42,45,48-64H2,1-3H3/b10-7-,19-16-,20-17-,28-25-,29-26-,37-34-,38-35-,46-43-,47-44-/t65-/m1/s1. The monoisotopic (exact) mass is 1030 g/mol. The summed E-state index contributed by atoms with van der Waals surface area (Å²) in [5.41, 5.74) is 0. The minimum atomic E-state index is -0.810. The van der Waals surface area contributed by atoms with Gasteiger partial charge in [0.05, 0.1) is 0 Å². The molecule has 0 amide bonds. The second-order valence-electron chi connectivity index (χ2n) is 20.2. The molecule has 1 atom stereocenters. The molecule has 0 bridgehead atoms. The highest BCUT2D eigenvalue weighted by Gasteiger charge is 2.19. The minimum absolute atomic E-state index is 0.101.